The Labute approximate surface area is 88.1 Å². The van der Waals surface area contributed by atoms with Crippen LogP contribution in [-0.2, 0) is 0 Å². The van der Waals surface area contributed by atoms with Gasteiger partial charge in [0.2, 0.25) is 0 Å². The molecule has 0 amide bonds. The number of benzene rings is 1. The van der Waals surface area contributed by atoms with Crippen LogP contribution in [0.5, 0.6) is 5.75 Å². The fraction of sp³-hybridized carbons (Fsp3) is 0.250. The number of rotatable bonds is 2. The highest BCUT2D eigenvalue weighted by molar-refractivity contribution is 6.02. The standard InChI is InChI=1S/C12H13NO2/c1-7-8(2)13-10-4-5-11(15-3)9(6-14)12(7)10/h4-6,13H,1-3H3. The summed E-state index contributed by atoms with van der Waals surface area (Å²) in [5, 5.41) is 0.960. The smallest absolute Gasteiger partial charge is 0.154 e. The molecule has 0 fully saturated rings. The quantitative estimate of drug-likeness (QED) is 0.762. The maximum absolute atomic E-state index is 11.1. The van der Waals surface area contributed by atoms with E-state index >= 15 is 0 Å². The van der Waals surface area contributed by atoms with Crippen LogP contribution in [0.1, 0.15) is 21.6 Å². The Balaban J connectivity index is 2.91. The molecule has 3 heteroatoms. The Bertz CT molecular complexity index is 526. The van der Waals surface area contributed by atoms with Crippen molar-refractivity contribution in [3.63, 3.8) is 0 Å². The molecule has 0 radical (unpaired) electrons. The molecule has 0 spiro atoms. The van der Waals surface area contributed by atoms with E-state index in [-0.39, 0.29) is 0 Å². The van der Waals surface area contributed by atoms with E-state index in [4.69, 9.17) is 4.74 Å². The molecule has 0 aliphatic heterocycles. The number of aromatic amines is 1. The van der Waals surface area contributed by atoms with E-state index < -0.39 is 0 Å². The molecule has 0 saturated carbocycles. The van der Waals surface area contributed by atoms with Gasteiger partial charge in [0, 0.05) is 16.6 Å². The van der Waals surface area contributed by atoms with E-state index in [0.717, 1.165) is 28.4 Å². The zero-order valence-electron chi connectivity index (χ0n) is 9.05. The topological polar surface area (TPSA) is 42.1 Å². The van der Waals surface area contributed by atoms with Gasteiger partial charge in [-0.3, -0.25) is 4.79 Å². The number of H-pyrrole nitrogens is 1. The molecule has 78 valence electrons. The van der Waals surface area contributed by atoms with E-state index in [1.165, 1.54) is 0 Å². The molecule has 1 N–H and O–H groups in total. The van der Waals surface area contributed by atoms with Gasteiger partial charge in [-0.05, 0) is 31.5 Å². The Hall–Kier alpha value is -1.77. The van der Waals surface area contributed by atoms with Gasteiger partial charge in [0.25, 0.3) is 0 Å². The van der Waals surface area contributed by atoms with Crippen molar-refractivity contribution in [1.29, 1.82) is 0 Å². The summed E-state index contributed by atoms with van der Waals surface area (Å²) in [5.41, 5.74) is 3.79. The van der Waals surface area contributed by atoms with Gasteiger partial charge >= 0.3 is 0 Å². The first-order chi connectivity index (χ1) is 7.19. The van der Waals surface area contributed by atoms with Gasteiger partial charge in [-0.25, -0.2) is 0 Å². The number of aldehydes is 1. The van der Waals surface area contributed by atoms with Gasteiger partial charge in [-0.2, -0.15) is 0 Å². The lowest BCUT2D eigenvalue weighted by Gasteiger charge is -2.04. The van der Waals surface area contributed by atoms with Crippen molar-refractivity contribution in [2.24, 2.45) is 0 Å². The lowest BCUT2D eigenvalue weighted by atomic mass is 10.1. The van der Waals surface area contributed by atoms with Crippen molar-refractivity contribution < 1.29 is 9.53 Å². The summed E-state index contributed by atoms with van der Waals surface area (Å²) in [6, 6.07) is 3.74. The van der Waals surface area contributed by atoms with Gasteiger partial charge in [0.05, 0.1) is 12.7 Å². The van der Waals surface area contributed by atoms with Crippen LogP contribution in [-0.4, -0.2) is 18.4 Å². The minimum absolute atomic E-state index is 0.622. The third-order valence-corrected chi connectivity index (χ3v) is 2.80. The first-order valence-electron chi connectivity index (χ1n) is 4.80. The Kier molecular flexibility index (Phi) is 2.23. The zero-order chi connectivity index (χ0) is 11.0. The highest BCUT2D eigenvalue weighted by Crippen LogP contribution is 2.30. The predicted molar refractivity (Wildman–Crippen MR) is 59.7 cm³/mol. The minimum atomic E-state index is 0.622. The fourth-order valence-corrected chi connectivity index (χ4v) is 1.89. The molecule has 2 rings (SSSR count). The summed E-state index contributed by atoms with van der Waals surface area (Å²) in [6.07, 6.45) is 0.849. The second-order valence-electron chi connectivity index (χ2n) is 3.60. The van der Waals surface area contributed by atoms with Crippen LogP contribution < -0.4 is 4.74 Å². The maximum Gasteiger partial charge on any atom is 0.154 e. The van der Waals surface area contributed by atoms with Gasteiger partial charge in [-0.15, -0.1) is 0 Å². The van der Waals surface area contributed by atoms with Gasteiger partial charge in [0.1, 0.15) is 5.75 Å². The number of ether oxygens (including phenoxy) is 1. The molecule has 0 bridgehead atoms. The van der Waals surface area contributed by atoms with Gasteiger partial charge < -0.3 is 9.72 Å². The molecular weight excluding hydrogens is 190 g/mol. The molecule has 1 aromatic carbocycles. The molecule has 0 saturated heterocycles. The van der Waals surface area contributed by atoms with Crippen molar-refractivity contribution in [1.82, 2.24) is 4.98 Å². The van der Waals surface area contributed by atoms with Gasteiger partial charge in [-0.1, -0.05) is 0 Å². The molecular formula is C12H13NO2. The molecule has 0 aliphatic carbocycles. The summed E-state index contributed by atoms with van der Waals surface area (Å²) in [5.74, 6) is 0.625. The molecule has 0 aliphatic rings. The van der Waals surface area contributed by atoms with Crippen LogP contribution in [0.3, 0.4) is 0 Å². The molecule has 2 aromatic rings. The number of carbonyl (C=O) groups is 1. The highest BCUT2D eigenvalue weighted by Gasteiger charge is 2.12. The fourth-order valence-electron chi connectivity index (χ4n) is 1.89. The van der Waals surface area contributed by atoms with Crippen molar-refractivity contribution in [2.75, 3.05) is 7.11 Å². The van der Waals surface area contributed by atoms with Crippen molar-refractivity contribution in [3.8, 4) is 5.75 Å². The average molecular weight is 203 g/mol. The van der Waals surface area contributed by atoms with Crippen LogP contribution in [0, 0.1) is 13.8 Å². The van der Waals surface area contributed by atoms with E-state index in [0.29, 0.717) is 11.3 Å². The number of aryl methyl sites for hydroxylation is 2. The van der Waals surface area contributed by atoms with E-state index in [9.17, 15) is 4.79 Å². The molecule has 15 heavy (non-hydrogen) atoms. The number of hydrogen-bond donors (Lipinski definition) is 1. The second-order valence-corrected chi connectivity index (χ2v) is 3.60. The van der Waals surface area contributed by atoms with Crippen molar-refractivity contribution >= 4 is 17.2 Å². The second kappa shape index (κ2) is 3.42. The highest BCUT2D eigenvalue weighted by atomic mass is 16.5. The number of aromatic nitrogens is 1. The maximum atomic E-state index is 11.1. The summed E-state index contributed by atoms with van der Waals surface area (Å²) in [6.45, 7) is 4.00. The first kappa shape index (κ1) is 9.77. The van der Waals surface area contributed by atoms with Crippen molar-refractivity contribution in [2.45, 2.75) is 13.8 Å². The molecule has 1 aromatic heterocycles. The van der Waals surface area contributed by atoms with Crippen LogP contribution in [0.4, 0.5) is 0 Å². The van der Waals surface area contributed by atoms with Crippen LogP contribution in [0.15, 0.2) is 12.1 Å². The lowest BCUT2D eigenvalue weighted by molar-refractivity contribution is 0.112. The van der Waals surface area contributed by atoms with Crippen molar-refractivity contribution in [3.05, 3.63) is 29.0 Å². The SMILES string of the molecule is COc1ccc2[nH]c(C)c(C)c2c1C=O. The average Bonchev–Trinajstić information content (AvgIpc) is 2.54. The normalized spacial score (nSPS) is 10.6. The number of methoxy groups -OCH3 is 1. The van der Waals surface area contributed by atoms with Crippen LogP contribution in [0.2, 0.25) is 0 Å². The molecule has 0 unspecified atom stereocenters. The van der Waals surface area contributed by atoms with Crippen LogP contribution >= 0.6 is 0 Å². The number of fused-ring (bicyclic) bond motifs is 1. The lowest BCUT2D eigenvalue weighted by Crippen LogP contribution is -1.91. The Morgan fingerprint density at radius 3 is 2.67 bits per heavy atom. The summed E-state index contributed by atoms with van der Waals surface area (Å²) in [4.78, 5) is 14.3. The van der Waals surface area contributed by atoms with E-state index in [2.05, 4.69) is 4.98 Å². The van der Waals surface area contributed by atoms with Crippen LogP contribution in [0.25, 0.3) is 10.9 Å². The zero-order valence-corrected chi connectivity index (χ0v) is 9.05. The molecule has 1 heterocycles. The number of nitrogens with one attached hydrogen (secondary N) is 1. The molecule has 0 atom stereocenters. The molecule has 3 nitrogen and oxygen atoms in total. The largest absolute Gasteiger partial charge is 0.496 e. The summed E-state index contributed by atoms with van der Waals surface area (Å²) >= 11 is 0. The monoisotopic (exact) mass is 203 g/mol. The summed E-state index contributed by atoms with van der Waals surface area (Å²) < 4.78 is 5.16. The van der Waals surface area contributed by atoms with E-state index in [1.54, 1.807) is 13.2 Å². The Morgan fingerprint density at radius 1 is 1.33 bits per heavy atom. The number of hydrogen-bond acceptors (Lipinski definition) is 2. The van der Waals surface area contributed by atoms with E-state index in [1.807, 2.05) is 19.9 Å². The number of carbonyl (C=O) groups excluding carboxylic acids is 1. The predicted octanol–water partition coefficient (Wildman–Crippen LogP) is 2.61. The first-order valence-corrected chi connectivity index (χ1v) is 4.80. The third-order valence-electron chi connectivity index (χ3n) is 2.80. The Morgan fingerprint density at radius 2 is 2.07 bits per heavy atom. The summed E-state index contributed by atoms with van der Waals surface area (Å²) in [7, 11) is 1.57. The van der Waals surface area contributed by atoms with Gasteiger partial charge in [0.15, 0.2) is 6.29 Å². The third kappa shape index (κ3) is 1.31. The minimum Gasteiger partial charge on any atom is -0.496 e.